The molecule has 0 atom stereocenters. The Morgan fingerprint density at radius 3 is 2.45 bits per heavy atom. The first-order valence-corrected chi connectivity index (χ1v) is 9.05. The lowest BCUT2D eigenvalue weighted by Gasteiger charge is -2.11. The number of rotatable bonds is 10. The van der Waals surface area contributed by atoms with E-state index in [4.69, 9.17) is 28.9 Å². The predicted molar refractivity (Wildman–Crippen MR) is 112 cm³/mol. The van der Waals surface area contributed by atoms with Crippen LogP contribution in [-0.4, -0.2) is 46.4 Å². The van der Waals surface area contributed by atoms with Crippen molar-refractivity contribution in [2.45, 2.75) is 0 Å². The number of nitrogens with zero attached hydrogens (tertiary/aromatic N) is 1. The molecular weight excluding hydrogens is 404 g/mol. The average Bonchev–Trinajstić information content (AvgIpc) is 2.80. The summed E-state index contributed by atoms with van der Waals surface area (Å²) < 4.78 is 25.7. The Hall–Kier alpha value is -4.19. The van der Waals surface area contributed by atoms with E-state index in [1.165, 1.54) is 33.5 Å². The number of nitriles is 1. The van der Waals surface area contributed by atoms with Crippen LogP contribution < -0.4 is 24.3 Å². The molecule has 0 bridgehead atoms. The van der Waals surface area contributed by atoms with E-state index in [1.54, 1.807) is 36.4 Å². The van der Waals surface area contributed by atoms with Gasteiger partial charge in [-0.1, -0.05) is 6.07 Å². The zero-order chi connectivity index (χ0) is 22.6. The molecule has 0 saturated heterocycles. The van der Waals surface area contributed by atoms with E-state index < -0.39 is 18.5 Å². The van der Waals surface area contributed by atoms with Crippen molar-refractivity contribution >= 4 is 23.6 Å². The van der Waals surface area contributed by atoms with E-state index >= 15 is 0 Å². The summed E-state index contributed by atoms with van der Waals surface area (Å²) in [6, 6.07) is 11.7. The van der Waals surface area contributed by atoms with Gasteiger partial charge in [-0.2, -0.15) is 5.26 Å². The number of amides is 1. The average molecular weight is 426 g/mol. The third-order valence-corrected chi connectivity index (χ3v) is 3.92. The van der Waals surface area contributed by atoms with Gasteiger partial charge in [-0.25, -0.2) is 4.79 Å². The molecule has 2 aromatic rings. The van der Waals surface area contributed by atoms with Crippen LogP contribution in [0, 0.1) is 11.3 Å². The number of carbonyl (C=O) groups is 2. The Kier molecular flexibility index (Phi) is 8.73. The summed E-state index contributed by atoms with van der Waals surface area (Å²) in [4.78, 5) is 24.0. The summed E-state index contributed by atoms with van der Waals surface area (Å²) in [5, 5.41) is 11.2. The van der Waals surface area contributed by atoms with Crippen LogP contribution in [0.2, 0.25) is 0 Å². The number of hydrogen-bond donors (Lipinski definition) is 1. The molecule has 0 unspecified atom stereocenters. The number of benzene rings is 2. The van der Waals surface area contributed by atoms with Crippen molar-refractivity contribution < 1.29 is 33.3 Å². The van der Waals surface area contributed by atoms with Crippen LogP contribution >= 0.6 is 0 Å². The summed E-state index contributed by atoms with van der Waals surface area (Å²) in [6.07, 6.45) is 2.69. The summed E-state index contributed by atoms with van der Waals surface area (Å²) in [5.41, 5.74) is 1.07. The van der Waals surface area contributed by atoms with Crippen LogP contribution in [0.3, 0.4) is 0 Å². The van der Waals surface area contributed by atoms with Crippen LogP contribution in [0.15, 0.2) is 42.5 Å². The molecule has 0 aliphatic heterocycles. The molecule has 0 saturated carbocycles. The molecule has 1 amide bonds. The Labute approximate surface area is 179 Å². The van der Waals surface area contributed by atoms with Gasteiger partial charge in [0.05, 0.1) is 27.0 Å². The normalized spacial score (nSPS) is 10.1. The molecular formula is C22H22N2O7. The molecule has 1 N–H and O–H groups in total. The second-order valence-electron chi connectivity index (χ2n) is 5.91. The van der Waals surface area contributed by atoms with Gasteiger partial charge >= 0.3 is 5.97 Å². The Morgan fingerprint density at radius 1 is 1.00 bits per heavy atom. The molecule has 0 spiro atoms. The first-order chi connectivity index (χ1) is 15.0. The van der Waals surface area contributed by atoms with E-state index in [9.17, 15) is 9.59 Å². The number of carbonyl (C=O) groups excluding carboxylic acids is 2. The quantitative estimate of drug-likeness (QED) is 0.455. The second-order valence-corrected chi connectivity index (χ2v) is 5.91. The monoisotopic (exact) mass is 426 g/mol. The lowest BCUT2D eigenvalue weighted by atomic mass is 10.2. The van der Waals surface area contributed by atoms with Crippen molar-refractivity contribution in [3.8, 4) is 29.1 Å². The molecule has 0 fully saturated rings. The van der Waals surface area contributed by atoms with E-state index in [2.05, 4.69) is 5.32 Å². The maximum absolute atomic E-state index is 12.1. The first kappa shape index (κ1) is 23.1. The first-order valence-electron chi connectivity index (χ1n) is 9.05. The lowest BCUT2D eigenvalue weighted by Crippen LogP contribution is -2.20. The summed E-state index contributed by atoms with van der Waals surface area (Å²) in [6.45, 7) is -0.578. The molecule has 2 rings (SSSR count). The number of anilines is 1. The third kappa shape index (κ3) is 6.97. The fourth-order valence-corrected chi connectivity index (χ4v) is 2.45. The minimum Gasteiger partial charge on any atom is -0.497 e. The van der Waals surface area contributed by atoms with Crippen LogP contribution in [0.5, 0.6) is 23.0 Å². The minimum absolute atomic E-state index is 0.109. The topological polar surface area (TPSA) is 116 Å². The SMILES string of the molecule is COc1ccc(NC(=O)COC(=O)C=Cc2ccc(OCC#N)c(OC)c2)c(OC)c1. The fraction of sp³-hybridized carbons (Fsp3) is 0.227. The Bertz CT molecular complexity index is 996. The molecule has 0 aliphatic carbocycles. The van der Waals surface area contributed by atoms with Gasteiger partial charge in [0.25, 0.3) is 5.91 Å². The molecule has 0 aromatic heterocycles. The Morgan fingerprint density at radius 2 is 1.77 bits per heavy atom. The van der Waals surface area contributed by atoms with E-state index in [0.717, 1.165) is 0 Å². The fourth-order valence-electron chi connectivity index (χ4n) is 2.45. The van der Waals surface area contributed by atoms with Gasteiger partial charge < -0.3 is 29.0 Å². The minimum atomic E-state index is -0.694. The summed E-state index contributed by atoms with van der Waals surface area (Å²) >= 11 is 0. The highest BCUT2D eigenvalue weighted by atomic mass is 16.5. The maximum atomic E-state index is 12.1. The van der Waals surface area contributed by atoms with Gasteiger partial charge in [-0.3, -0.25) is 4.79 Å². The van der Waals surface area contributed by atoms with E-state index in [0.29, 0.717) is 34.2 Å². The highest BCUT2D eigenvalue weighted by Crippen LogP contribution is 2.29. The molecule has 0 aliphatic rings. The number of ether oxygens (including phenoxy) is 5. The van der Waals surface area contributed by atoms with E-state index in [1.807, 2.05) is 6.07 Å². The van der Waals surface area contributed by atoms with Gasteiger partial charge in [-0.05, 0) is 35.9 Å². The Balaban J connectivity index is 1.91. The lowest BCUT2D eigenvalue weighted by molar-refractivity contribution is -0.142. The van der Waals surface area contributed by atoms with Gasteiger partial charge in [0, 0.05) is 12.1 Å². The number of methoxy groups -OCH3 is 3. The molecule has 0 heterocycles. The molecule has 2 aromatic carbocycles. The van der Waals surface area contributed by atoms with Crippen molar-refractivity contribution in [2.75, 3.05) is 39.9 Å². The molecule has 9 nitrogen and oxygen atoms in total. The van der Waals surface area contributed by atoms with Gasteiger partial charge in [0.2, 0.25) is 0 Å². The predicted octanol–water partition coefficient (Wildman–Crippen LogP) is 2.81. The third-order valence-electron chi connectivity index (χ3n) is 3.92. The largest absolute Gasteiger partial charge is 0.497 e. The van der Waals surface area contributed by atoms with E-state index in [-0.39, 0.29) is 6.61 Å². The number of hydrogen-bond acceptors (Lipinski definition) is 8. The highest BCUT2D eigenvalue weighted by Gasteiger charge is 2.11. The summed E-state index contributed by atoms with van der Waals surface area (Å²) in [7, 11) is 4.45. The van der Waals surface area contributed by atoms with Crippen molar-refractivity contribution in [3.05, 3.63) is 48.0 Å². The number of esters is 1. The smallest absolute Gasteiger partial charge is 0.331 e. The van der Waals surface area contributed by atoms with Crippen LogP contribution in [0.4, 0.5) is 5.69 Å². The zero-order valence-electron chi connectivity index (χ0n) is 17.3. The highest BCUT2D eigenvalue weighted by molar-refractivity contribution is 5.95. The van der Waals surface area contributed by atoms with Crippen LogP contribution in [0.25, 0.3) is 6.08 Å². The summed E-state index contributed by atoms with van der Waals surface area (Å²) in [5.74, 6) is 0.599. The maximum Gasteiger partial charge on any atom is 0.331 e. The van der Waals surface area contributed by atoms with Crippen molar-refractivity contribution in [3.63, 3.8) is 0 Å². The van der Waals surface area contributed by atoms with Crippen molar-refractivity contribution in [1.82, 2.24) is 0 Å². The zero-order valence-corrected chi connectivity index (χ0v) is 17.3. The molecule has 0 radical (unpaired) electrons. The molecule has 9 heteroatoms. The van der Waals surface area contributed by atoms with Crippen LogP contribution in [-0.2, 0) is 14.3 Å². The van der Waals surface area contributed by atoms with Crippen molar-refractivity contribution in [2.24, 2.45) is 0 Å². The van der Waals surface area contributed by atoms with Gasteiger partial charge in [-0.15, -0.1) is 0 Å². The number of nitrogens with one attached hydrogen (secondary N) is 1. The van der Waals surface area contributed by atoms with Gasteiger partial charge in [0.1, 0.15) is 17.6 Å². The van der Waals surface area contributed by atoms with Crippen LogP contribution in [0.1, 0.15) is 5.56 Å². The second kappa shape index (κ2) is 11.7. The molecule has 162 valence electrons. The molecule has 31 heavy (non-hydrogen) atoms. The van der Waals surface area contributed by atoms with Crippen molar-refractivity contribution in [1.29, 1.82) is 5.26 Å². The standard InChI is InChI=1S/C22H22N2O7/c1-27-16-6-7-17(19(13-16)28-2)24-21(25)14-31-22(26)9-5-15-4-8-18(30-11-10-23)20(12-15)29-3/h4-9,12-13H,11,14H2,1-3H3,(H,24,25). The van der Waals surface area contributed by atoms with Gasteiger partial charge in [0.15, 0.2) is 24.7 Å².